The zero-order chi connectivity index (χ0) is 28.1. The molecule has 2 nitrogen and oxygen atoms in total. The van der Waals surface area contributed by atoms with Gasteiger partial charge in [0.1, 0.15) is 11.4 Å². The van der Waals surface area contributed by atoms with Crippen LogP contribution in [0.5, 0.6) is 0 Å². The second-order valence-electron chi connectivity index (χ2n) is 11.7. The molecule has 0 aliphatic heterocycles. The average molecular weight is 581 g/mol. The van der Waals surface area contributed by atoms with Gasteiger partial charge in [-0.1, -0.05) is 129 Å². The van der Waals surface area contributed by atoms with Crippen LogP contribution in [0.4, 0.5) is 0 Å². The molecule has 0 radical (unpaired) electrons. The third kappa shape index (κ3) is 12.6. The van der Waals surface area contributed by atoms with Crippen molar-refractivity contribution in [2.75, 3.05) is 0 Å². The van der Waals surface area contributed by atoms with Gasteiger partial charge in [-0.3, -0.25) is 0 Å². The van der Waals surface area contributed by atoms with Crippen molar-refractivity contribution in [3.8, 4) is 21.1 Å². The Morgan fingerprint density at radius 2 is 0.750 bits per heavy atom. The highest BCUT2D eigenvalue weighted by molar-refractivity contribution is 7.14. The molecular formula is C36H56N2S2. The second-order valence-corrected chi connectivity index (χ2v) is 13.5. The lowest BCUT2D eigenvalue weighted by Gasteiger charge is -2.06. The Kier molecular flexibility index (Phi) is 17.5. The molecule has 3 rings (SSSR count). The van der Waals surface area contributed by atoms with Crippen molar-refractivity contribution in [1.29, 1.82) is 0 Å². The average Bonchev–Trinajstić information content (AvgIpc) is 3.65. The summed E-state index contributed by atoms with van der Waals surface area (Å²) in [6.45, 7) is 4.59. The van der Waals surface area contributed by atoms with Gasteiger partial charge >= 0.3 is 0 Å². The summed E-state index contributed by atoms with van der Waals surface area (Å²) in [6.07, 6.45) is 30.0. The number of aromatic nitrogens is 2. The number of thiophene rings is 2. The first-order valence-corrected chi connectivity index (χ1v) is 18.6. The van der Waals surface area contributed by atoms with E-state index in [1.54, 1.807) is 0 Å². The van der Waals surface area contributed by atoms with Gasteiger partial charge in [0.15, 0.2) is 0 Å². The molecule has 0 aliphatic carbocycles. The van der Waals surface area contributed by atoms with Crippen LogP contribution in [0.2, 0.25) is 0 Å². The van der Waals surface area contributed by atoms with Crippen molar-refractivity contribution in [3.63, 3.8) is 0 Å². The molecule has 0 fully saturated rings. The van der Waals surface area contributed by atoms with E-state index < -0.39 is 0 Å². The summed E-state index contributed by atoms with van der Waals surface area (Å²) in [7, 11) is 0. The first-order chi connectivity index (χ1) is 19.8. The molecule has 0 spiro atoms. The van der Waals surface area contributed by atoms with Crippen LogP contribution in [0, 0.1) is 0 Å². The summed E-state index contributed by atoms with van der Waals surface area (Å²) < 4.78 is 0. The van der Waals surface area contributed by atoms with Crippen molar-refractivity contribution in [3.05, 3.63) is 46.2 Å². The fourth-order valence-electron chi connectivity index (χ4n) is 5.69. The minimum Gasteiger partial charge on any atom is -0.149 e. The second kappa shape index (κ2) is 21.2. The van der Waals surface area contributed by atoms with E-state index in [1.807, 2.05) is 22.7 Å². The zero-order valence-electron chi connectivity index (χ0n) is 25.7. The highest BCUT2D eigenvalue weighted by Crippen LogP contribution is 2.33. The summed E-state index contributed by atoms with van der Waals surface area (Å²) in [6, 6.07) is 8.99. The van der Waals surface area contributed by atoms with Crippen molar-refractivity contribution >= 4 is 22.7 Å². The predicted molar refractivity (Wildman–Crippen MR) is 180 cm³/mol. The first-order valence-electron chi connectivity index (χ1n) is 16.8. The highest BCUT2D eigenvalue weighted by Gasteiger charge is 2.12. The van der Waals surface area contributed by atoms with Crippen molar-refractivity contribution < 1.29 is 0 Å². The maximum atomic E-state index is 4.70. The van der Waals surface area contributed by atoms with Gasteiger partial charge in [-0.2, -0.15) is 0 Å². The van der Waals surface area contributed by atoms with Gasteiger partial charge in [-0.05, 0) is 71.8 Å². The molecule has 3 aromatic rings. The predicted octanol–water partition coefficient (Wildman–Crippen LogP) is 12.9. The monoisotopic (exact) mass is 580 g/mol. The van der Waals surface area contributed by atoms with Crippen molar-refractivity contribution in [1.82, 2.24) is 10.2 Å². The topological polar surface area (TPSA) is 25.8 Å². The van der Waals surface area contributed by atoms with E-state index in [0.29, 0.717) is 0 Å². The standard InChI is InChI=1S/C36H56N2S2/c1-3-5-7-9-11-13-15-17-19-21-23-31-27-29-39-35(31)33-25-26-34(38-37-33)36-32(28-30-40-36)24-22-20-18-16-14-12-10-8-6-4-2/h25-30H,3-24H2,1-2H3. The number of aryl methyl sites for hydroxylation is 2. The third-order valence-corrected chi connectivity index (χ3v) is 10.2. The van der Waals surface area contributed by atoms with Gasteiger partial charge in [-0.15, -0.1) is 32.9 Å². The van der Waals surface area contributed by atoms with Crippen LogP contribution in [0.1, 0.15) is 153 Å². The van der Waals surface area contributed by atoms with E-state index in [1.165, 1.54) is 149 Å². The number of unbranched alkanes of at least 4 members (excludes halogenated alkanes) is 18. The molecule has 0 saturated heterocycles. The number of rotatable bonds is 24. The molecule has 4 heteroatoms. The molecule has 0 aliphatic rings. The highest BCUT2D eigenvalue weighted by atomic mass is 32.1. The molecule has 40 heavy (non-hydrogen) atoms. The van der Waals surface area contributed by atoms with Crippen LogP contribution in [0.25, 0.3) is 21.1 Å². The Balaban J connectivity index is 1.36. The van der Waals surface area contributed by atoms with Crippen LogP contribution in [-0.4, -0.2) is 10.2 Å². The van der Waals surface area contributed by atoms with E-state index in [4.69, 9.17) is 10.2 Å². The summed E-state index contributed by atoms with van der Waals surface area (Å²) in [5.41, 5.74) is 4.97. The van der Waals surface area contributed by atoms with Crippen molar-refractivity contribution in [2.24, 2.45) is 0 Å². The van der Waals surface area contributed by atoms with Gasteiger partial charge in [0.25, 0.3) is 0 Å². The fourth-order valence-corrected chi connectivity index (χ4v) is 7.53. The van der Waals surface area contributed by atoms with Gasteiger partial charge in [0.05, 0.1) is 9.75 Å². The Labute approximate surface area is 254 Å². The summed E-state index contributed by atoms with van der Waals surface area (Å²) in [5, 5.41) is 13.8. The summed E-state index contributed by atoms with van der Waals surface area (Å²) in [5.74, 6) is 0. The lowest BCUT2D eigenvalue weighted by atomic mass is 10.0. The molecular weight excluding hydrogens is 525 g/mol. The molecule has 0 aromatic carbocycles. The van der Waals surface area contributed by atoms with Gasteiger partial charge in [0.2, 0.25) is 0 Å². The Morgan fingerprint density at radius 3 is 1.07 bits per heavy atom. The first kappa shape index (κ1) is 33.0. The van der Waals surface area contributed by atoms with E-state index in [2.05, 4.69) is 48.9 Å². The molecule has 3 aromatic heterocycles. The number of nitrogens with zero attached hydrogens (tertiary/aromatic N) is 2. The van der Waals surface area contributed by atoms with E-state index >= 15 is 0 Å². The third-order valence-electron chi connectivity index (χ3n) is 8.22. The zero-order valence-corrected chi connectivity index (χ0v) is 27.4. The van der Waals surface area contributed by atoms with Crippen LogP contribution in [-0.2, 0) is 12.8 Å². The maximum absolute atomic E-state index is 4.70. The summed E-state index contributed by atoms with van der Waals surface area (Å²) >= 11 is 3.63. The van der Waals surface area contributed by atoms with Gasteiger partial charge < -0.3 is 0 Å². The molecule has 0 atom stereocenters. The molecule has 222 valence electrons. The van der Waals surface area contributed by atoms with E-state index in [0.717, 1.165) is 24.2 Å². The quantitative estimate of drug-likeness (QED) is 0.0985. The van der Waals surface area contributed by atoms with Crippen LogP contribution < -0.4 is 0 Å². The molecule has 0 bridgehead atoms. The van der Waals surface area contributed by atoms with Gasteiger partial charge in [0, 0.05) is 0 Å². The molecule has 0 unspecified atom stereocenters. The van der Waals surface area contributed by atoms with Gasteiger partial charge in [-0.25, -0.2) is 0 Å². The molecule has 0 amide bonds. The number of hydrogen-bond acceptors (Lipinski definition) is 4. The Hall–Kier alpha value is -1.52. The van der Waals surface area contributed by atoms with Crippen LogP contribution >= 0.6 is 22.7 Å². The van der Waals surface area contributed by atoms with Crippen LogP contribution in [0.3, 0.4) is 0 Å². The smallest absolute Gasteiger partial charge is 0.103 e. The lowest BCUT2D eigenvalue weighted by Crippen LogP contribution is -1.93. The summed E-state index contributed by atoms with van der Waals surface area (Å²) in [4.78, 5) is 2.62. The maximum Gasteiger partial charge on any atom is 0.103 e. The molecule has 0 N–H and O–H groups in total. The fraction of sp³-hybridized carbons (Fsp3) is 0.667. The number of hydrogen-bond donors (Lipinski definition) is 0. The molecule has 0 saturated carbocycles. The Bertz CT molecular complexity index is 923. The van der Waals surface area contributed by atoms with E-state index in [9.17, 15) is 0 Å². The lowest BCUT2D eigenvalue weighted by molar-refractivity contribution is 0.556. The van der Waals surface area contributed by atoms with Crippen LogP contribution in [0.15, 0.2) is 35.0 Å². The molecule has 3 heterocycles. The van der Waals surface area contributed by atoms with Crippen molar-refractivity contribution in [2.45, 2.75) is 155 Å². The van der Waals surface area contributed by atoms with E-state index in [-0.39, 0.29) is 0 Å². The minimum atomic E-state index is 1.04. The Morgan fingerprint density at radius 1 is 0.425 bits per heavy atom. The minimum absolute atomic E-state index is 1.04. The SMILES string of the molecule is CCCCCCCCCCCCc1ccsc1-c1ccc(-c2sccc2CCCCCCCCCCCC)nn1. The largest absolute Gasteiger partial charge is 0.149 e. The normalized spacial score (nSPS) is 11.4.